The fourth-order valence-electron chi connectivity index (χ4n) is 4.92. The van der Waals surface area contributed by atoms with Crippen molar-refractivity contribution >= 4 is 51.9 Å². The number of esters is 1. The van der Waals surface area contributed by atoms with Gasteiger partial charge in [0, 0.05) is 23.5 Å². The first-order chi connectivity index (χ1) is 18.0. The molecule has 0 bridgehead atoms. The molecule has 2 aromatic carbocycles. The predicted molar refractivity (Wildman–Crippen MR) is 150 cm³/mol. The molecule has 0 N–H and O–H groups in total. The lowest BCUT2D eigenvalue weighted by molar-refractivity contribution is -0.124. The number of methoxy groups -OCH3 is 1. The molecule has 37 heavy (non-hydrogen) atoms. The van der Waals surface area contributed by atoms with Crippen LogP contribution in [-0.4, -0.2) is 48.2 Å². The summed E-state index contributed by atoms with van der Waals surface area (Å²) in [5, 5.41) is 1.65. The standard InChI is InChI=1S/C28H31N3O4S2/c1-4-30-22-17-21(34-3)15-16-23(22)36-26(30)24-25(32)31(20-9-7-6-8-10-20)28(37-24)29-19-13-11-18(12-14-19)27(33)35-5-2/h11-17,20H,4-10H2,1-3H3/b26-24-,29-28?. The first-order valence-corrected chi connectivity index (χ1v) is 14.4. The number of benzene rings is 2. The van der Waals surface area contributed by atoms with Crippen LogP contribution >= 0.6 is 23.5 Å². The van der Waals surface area contributed by atoms with Crippen molar-refractivity contribution in [3.63, 3.8) is 0 Å². The molecule has 1 saturated heterocycles. The summed E-state index contributed by atoms with van der Waals surface area (Å²) in [7, 11) is 1.67. The van der Waals surface area contributed by atoms with Crippen LogP contribution in [0.4, 0.5) is 11.4 Å². The third-order valence-corrected chi connectivity index (χ3v) is 9.13. The highest BCUT2D eigenvalue weighted by atomic mass is 32.2. The molecular formula is C28H31N3O4S2. The Balaban J connectivity index is 1.51. The lowest BCUT2D eigenvalue weighted by atomic mass is 9.94. The van der Waals surface area contributed by atoms with Crippen LogP contribution in [0.5, 0.6) is 5.75 Å². The third-order valence-electron chi connectivity index (χ3n) is 6.77. The largest absolute Gasteiger partial charge is 0.497 e. The lowest BCUT2D eigenvalue weighted by Crippen LogP contribution is -2.40. The Labute approximate surface area is 226 Å². The van der Waals surface area contributed by atoms with Crippen LogP contribution in [0.3, 0.4) is 0 Å². The van der Waals surface area contributed by atoms with Gasteiger partial charge in [0.2, 0.25) is 0 Å². The van der Waals surface area contributed by atoms with Gasteiger partial charge in [-0.15, -0.1) is 0 Å². The Morgan fingerprint density at radius 1 is 1.05 bits per heavy atom. The van der Waals surface area contributed by atoms with Gasteiger partial charge in [-0.25, -0.2) is 9.79 Å². The van der Waals surface area contributed by atoms with Gasteiger partial charge >= 0.3 is 5.97 Å². The average molecular weight is 538 g/mol. The van der Waals surface area contributed by atoms with Crippen molar-refractivity contribution < 1.29 is 19.1 Å². The molecule has 3 aliphatic rings. The minimum absolute atomic E-state index is 0.0273. The zero-order valence-electron chi connectivity index (χ0n) is 21.4. The number of amidine groups is 1. The first-order valence-electron chi connectivity index (χ1n) is 12.8. The molecule has 0 spiro atoms. The highest BCUT2D eigenvalue weighted by Gasteiger charge is 2.43. The zero-order chi connectivity index (χ0) is 25.9. The summed E-state index contributed by atoms with van der Waals surface area (Å²) in [5.41, 5.74) is 2.25. The van der Waals surface area contributed by atoms with E-state index < -0.39 is 0 Å². The predicted octanol–water partition coefficient (Wildman–Crippen LogP) is 6.57. The normalized spacial score (nSPS) is 21.1. The Hall–Kier alpha value is -2.91. The van der Waals surface area contributed by atoms with Gasteiger partial charge in [0.1, 0.15) is 15.7 Å². The van der Waals surface area contributed by atoms with Crippen LogP contribution in [0.25, 0.3) is 0 Å². The van der Waals surface area contributed by atoms with E-state index >= 15 is 0 Å². The van der Waals surface area contributed by atoms with Gasteiger partial charge in [-0.2, -0.15) is 0 Å². The van der Waals surface area contributed by atoms with Gasteiger partial charge < -0.3 is 14.4 Å². The van der Waals surface area contributed by atoms with Gasteiger partial charge in [-0.05, 0) is 74.8 Å². The number of rotatable bonds is 6. The van der Waals surface area contributed by atoms with E-state index in [9.17, 15) is 9.59 Å². The van der Waals surface area contributed by atoms with Crippen molar-refractivity contribution in [1.29, 1.82) is 0 Å². The lowest BCUT2D eigenvalue weighted by Gasteiger charge is -2.30. The molecule has 0 aromatic heterocycles. The van der Waals surface area contributed by atoms with Gasteiger partial charge in [-0.1, -0.05) is 31.0 Å². The molecule has 2 aromatic rings. The zero-order valence-corrected chi connectivity index (χ0v) is 23.0. The molecule has 2 fully saturated rings. The Bertz CT molecular complexity index is 1250. The summed E-state index contributed by atoms with van der Waals surface area (Å²) in [6.45, 7) is 4.96. The molecule has 5 rings (SSSR count). The van der Waals surface area contributed by atoms with Gasteiger partial charge in [-0.3, -0.25) is 9.69 Å². The van der Waals surface area contributed by atoms with E-state index in [0.29, 0.717) is 23.0 Å². The van der Waals surface area contributed by atoms with Crippen LogP contribution in [0, 0.1) is 0 Å². The Kier molecular flexibility index (Phi) is 7.81. The van der Waals surface area contributed by atoms with Crippen LogP contribution in [0.15, 0.2) is 62.3 Å². The second-order valence-corrected chi connectivity index (χ2v) is 11.1. The summed E-state index contributed by atoms with van der Waals surface area (Å²) >= 11 is 3.08. The van der Waals surface area contributed by atoms with E-state index in [1.807, 2.05) is 17.0 Å². The van der Waals surface area contributed by atoms with Crippen molar-refractivity contribution in [3.05, 3.63) is 58.0 Å². The second-order valence-electron chi connectivity index (χ2n) is 9.05. The van der Waals surface area contributed by atoms with Crippen molar-refractivity contribution in [2.45, 2.75) is 56.9 Å². The monoisotopic (exact) mass is 537 g/mol. The summed E-state index contributed by atoms with van der Waals surface area (Å²) in [5.74, 6) is 0.475. The molecule has 0 atom stereocenters. The SMILES string of the molecule is CCOC(=O)c1ccc(N=C2S/C(=C3\Sc4ccc(OC)cc4N3CC)C(=O)N2C2CCCCC2)cc1. The maximum Gasteiger partial charge on any atom is 0.338 e. The van der Waals surface area contributed by atoms with E-state index in [4.69, 9.17) is 14.5 Å². The van der Waals surface area contributed by atoms with E-state index in [1.54, 1.807) is 50.1 Å². The first kappa shape index (κ1) is 25.7. The molecular weight excluding hydrogens is 506 g/mol. The highest BCUT2D eigenvalue weighted by Crippen LogP contribution is 2.52. The maximum absolute atomic E-state index is 14.0. The minimum atomic E-state index is -0.350. The van der Waals surface area contributed by atoms with Gasteiger partial charge in [0.25, 0.3) is 5.91 Å². The Morgan fingerprint density at radius 2 is 1.81 bits per heavy atom. The number of hydrogen-bond acceptors (Lipinski definition) is 8. The number of fused-ring (bicyclic) bond motifs is 1. The molecule has 1 amide bonds. The molecule has 2 heterocycles. The number of nitrogens with zero attached hydrogens (tertiary/aromatic N) is 3. The van der Waals surface area contributed by atoms with Crippen LogP contribution in [0.2, 0.25) is 0 Å². The van der Waals surface area contributed by atoms with E-state index in [0.717, 1.165) is 58.5 Å². The van der Waals surface area contributed by atoms with Crippen LogP contribution in [-0.2, 0) is 9.53 Å². The molecule has 1 aliphatic carbocycles. The molecule has 1 saturated carbocycles. The number of anilines is 1. The minimum Gasteiger partial charge on any atom is -0.497 e. The van der Waals surface area contributed by atoms with Crippen molar-refractivity contribution in [1.82, 2.24) is 4.90 Å². The number of carbonyl (C=O) groups is 2. The molecule has 7 nitrogen and oxygen atoms in total. The number of carbonyl (C=O) groups excluding carboxylic acids is 2. The fraction of sp³-hybridized carbons (Fsp3) is 0.393. The van der Waals surface area contributed by atoms with Crippen molar-refractivity contribution in [2.75, 3.05) is 25.2 Å². The quantitative estimate of drug-likeness (QED) is 0.305. The molecule has 2 aliphatic heterocycles. The van der Waals surface area contributed by atoms with Gasteiger partial charge in [0.05, 0.1) is 30.7 Å². The topological polar surface area (TPSA) is 71.4 Å². The number of aliphatic imine (C=N–C) groups is 1. The number of ether oxygens (including phenoxy) is 2. The molecule has 0 radical (unpaired) electrons. The van der Waals surface area contributed by atoms with Gasteiger partial charge in [0.15, 0.2) is 5.17 Å². The smallest absolute Gasteiger partial charge is 0.338 e. The number of thioether (sulfide) groups is 2. The summed E-state index contributed by atoms with van der Waals surface area (Å²) in [6, 6.07) is 13.2. The third kappa shape index (κ3) is 5.11. The second kappa shape index (κ2) is 11.2. The van der Waals surface area contributed by atoms with E-state index in [2.05, 4.69) is 17.9 Å². The number of amides is 1. The maximum atomic E-state index is 14.0. The fourth-order valence-corrected chi connectivity index (χ4v) is 7.36. The highest BCUT2D eigenvalue weighted by molar-refractivity contribution is 8.19. The van der Waals surface area contributed by atoms with E-state index in [-0.39, 0.29) is 17.9 Å². The summed E-state index contributed by atoms with van der Waals surface area (Å²) in [4.78, 5) is 36.9. The van der Waals surface area contributed by atoms with Crippen molar-refractivity contribution in [3.8, 4) is 5.75 Å². The molecule has 9 heteroatoms. The number of hydrogen-bond donors (Lipinski definition) is 0. The van der Waals surface area contributed by atoms with E-state index in [1.165, 1.54) is 18.2 Å². The van der Waals surface area contributed by atoms with Crippen LogP contribution < -0.4 is 9.64 Å². The van der Waals surface area contributed by atoms with Crippen molar-refractivity contribution in [2.24, 2.45) is 4.99 Å². The molecule has 0 unspecified atom stereocenters. The van der Waals surface area contributed by atoms with Crippen LogP contribution in [0.1, 0.15) is 56.3 Å². The summed E-state index contributed by atoms with van der Waals surface area (Å²) < 4.78 is 10.5. The average Bonchev–Trinajstić information content (AvgIpc) is 3.45. The summed E-state index contributed by atoms with van der Waals surface area (Å²) in [6.07, 6.45) is 5.41. The Morgan fingerprint density at radius 3 is 2.49 bits per heavy atom. The molecule has 194 valence electrons.